The molecule has 6 heteroatoms. The van der Waals surface area contributed by atoms with Crippen LogP contribution in [0, 0.1) is 17.8 Å². The van der Waals surface area contributed by atoms with Gasteiger partial charge in [-0.2, -0.15) is 0 Å². The fourth-order valence-corrected chi connectivity index (χ4v) is 5.24. The third-order valence-electron chi connectivity index (χ3n) is 6.67. The van der Waals surface area contributed by atoms with Crippen molar-refractivity contribution in [3.8, 4) is 5.75 Å². The third-order valence-corrected chi connectivity index (χ3v) is 6.67. The Morgan fingerprint density at radius 3 is 2.79 bits per heavy atom. The van der Waals surface area contributed by atoms with Gasteiger partial charge in [-0.1, -0.05) is 38.3 Å². The van der Waals surface area contributed by atoms with Gasteiger partial charge in [0.1, 0.15) is 12.4 Å². The second-order valence-electron chi connectivity index (χ2n) is 8.58. The summed E-state index contributed by atoms with van der Waals surface area (Å²) in [6.07, 6.45) is 7.76. The number of aliphatic hydroxyl groups is 2. The predicted octanol–water partition coefficient (Wildman–Crippen LogP) is -0.747. The molecule has 2 N–H and O–H groups in total. The van der Waals surface area contributed by atoms with Crippen LogP contribution < -0.4 is 28.7 Å². The van der Waals surface area contributed by atoms with Crippen LogP contribution in [0.1, 0.15) is 63.0 Å². The molecule has 1 aromatic rings. The number of carbonyl (C=O) groups excluding carboxylic acids is 1. The maximum atomic E-state index is 10.7. The van der Waals surface area contributed by atoms with E-state index in [1.54, 1.807) is 0 Å². The Bertz CT molecular complexity index is 665. The van der Waals surface area contributed by atoms with Crippen molar-refractivity contribution in [2.24, 2.45) is 17.8 Å². The summed E-state index contributed by atoms with van der Waals surface area (Å²) >= 11 is 0. The van der Waals surface area contributed by atoms with Crippen LogP contribution in [0.4, 0.5) is 0 Å². The molecule has 1 aromatic carbocycles. The van der Waals surface area contributed by atoms with Crippen LogP contribution in [0.15, 0.2) is 18.2 Å². The first-order chi connectivity index (χ1) is 13.5. The largest absolute Gasteiger partial charge is 1.00 e. The summed E-state index contributed by atoms with van der Waals surface area (Å²) in [4.78, 5) is 10.7. The number of fused-ring (bicyclic) bond motifs is 2. The second-order valence-corrected chi connectivity index (χ2v) is 8.58. The number of carbonyl (C=O) groups is 1. The molecule has 5 nitrogen and oxygen atoms in total. The first-order valence-electron chi connectivity index (χ1n) is 10.8. The van der Waals surface area contributed by atoms with Gasteiger partial charge in [0, 0.05) is 0 Å². The number of aliphatic carboxylic acids is 1. The van der Waals surface area contributed by atoms with Crippen LogP contribution >= 0.6 is 0 Å². The first-order valence-corrected chi connectivity index (χ1v) is 10.8. The van der Waals surface area contributed by atoms with Crippen LogP contribution in [-0.4, -0.2) is 35.0 Å². The number of aliphatic hydroxyl groups excluding tert-OH is 2. The fourth-order valence-electron chi connectivity index (χ4n) is 5.24. The van der Waals surface area contributed by atoms with Gasteiger partial charge >= 0.3 is 18.9 Å². The molecule has 3 rings (SSSR count). The number of unbranched alkanes of at least 4 members (excludes halogenated alkanes) is 2. The quantitative estimate of drug-likeness (QED) is 0.401. The molecule has 0 radical (unpaired) electrons. The zero-order chi connectivity index (χ0) is 20.1. The van der Waals surface area contributed by atoms with E-state index in [1.807, 2.05) is 12.1 Å². The van der Waals surface area contributed by atoms with Crippen molar-refractivity contribution in [2.45, 2.75) is 76.9 Å². The van der Waals surface area contributed by atoms with Gasteiger partial charge in [0.25, 0.3) is 0 Å². The van der Waals surface area contributed by atoms with Gasteiger partial charge in [0.05, 0.1) is 18.2 Å². The molecule has 0 spiro atoms. The average molecular weight is 396 g/mol. The molecule has 0 aliphatic heterocycles. The molecule has 0 unspecified atom stereocenters. The van der Waals surface area contributed by atoms with Crippen molar-refractivity contribution in [3.05, 3.63) is 29.3 Å². The third kappa shape index (κ3) is 6.24. The van der Waals surface area contributed by atoms with E-state index in [0.29, 0.717) is 17.6 Å². The zero-order valence-electron chi connectivity index (χ0n) is 17.8. The number of hydrogen-bond acceptors (Lipinski definition) is 5. The summed E-state index contributed by atoms with van der Waals surface area (Å²) in [5.41, 5.74) is 2.28. The van der Waals surface area contributed by atoms with Crippen molar-refractivity contribution >= 4 is 5.97 Å². The molecule has 5 atom stereocenters. The Morgan fingerprint density at radius 2 is 2.07 bits per heavy atom. The van der Waals surface area contributed by atoms with Gasteiger partial charge in [0.2, 0.25) is 0 Å². The molecule has 1 saturated carbocycles. The summed E-state index contributed by atoms with van der Waals surface area (Å²) in [6, 6.07) is 5.80. The maximum absolute atomic E-state index is 10.7. The van der Waals surface area contributed by atoms with Crippen LogP contribution in [0.5, 0.6) is 5.75 Å². The summed E-state index contributed by atoms with van der Waals surface area (Å²) in [6.45, 7) is 1.73. The van der Waals surface area contributed by atoms with Crippen molar-refractivity contribution in [3.63, 3.8) is 0 Å². The smallest absolute Gasteiger partial charge is 0.546 e. The van der Waals surface area contributed by atoms with Crippen LogP contribution in [-0.2, 0) is 17.6 Å². The molecule has 156 valence electrons. The minimum atomic E-state index is -1.22. The summed E-state index contributed by atoms with van der Waals surface area (Å²) in [7, 11) is 0. The monoisotopic (exact) mass is 396 g/mol. The minimum absolute atomic E-state index is 0. The number of rotatable bonds is 10. The normalized spacial score (nSPS) is 26.2. The van der Waals surface area contributed by atoms with Crippen molar-refractivity contribution in [2.75, 3.05) is 6.61 Å². The van der Waals surface area contributed by atoms with Crippen molar-refractivity contribution in [1.29, 1.82) is 0 Å². The van der Waals surface area contributed by atoms with Crippen LogP contribution in [0.2, 0.25) is 0 Å². The topological polar surface area (TPSA) is 89.8 Å². The molecule has 0 saturated heterocycles. The number of hydrogen-bond donors (Lipinski definition) is 2. The fraction of sp³-hybridized carbons (Fsp3) is 0.696. The number of ether oxygens (including phenoxy) is 1. The maximum Gasteiger partial charge on any atom is 1.00 e. The van der Waals surface area contributed by atoms with Gasteiger partial charge < -0.3 is 24.9 Å². The van der Waals surface area contributed by atoms with Gasteiger partial charge in [-0.3, -0.25) is 0 Å². The Kier molecular flexibility index (Phi) is 9.55. The number of carboxylic acid groups (broad SMARTS) is 1. The molecular formula is C23H33LiO5. The number of carboxylic acids is 1. The van der Waals surface area contributed by atoms with Gasteiger partial charge in [0.15, 0.2) is 0 Å². The van der Waals surface area contributed by atoms with E-state index >= 15 is 0 Å². The van der Waals surface area contributed by atoms with E-state index in [0.717, 1.165) is 63.4 Å². The molecule has 0 heterocycles. The molecule has 0 amide bonds. The van der Waals surface area contributed by atoms with Gasteiger partial charge in [-0.05, 0) is 73.5 Å². The Balaban J connectivity index is 0.00000300. The summed E-state index contributed by atoms with van der Waals surface area (Å²) < 4.78 is 5.44. The van der Waals surface area contributed by atoms with E-state index in [9.17, 15) is 20.1 Å². The Labute approximate surface area is 186 Å². The molecule has 0 aromatic heterocycles. The van der Waals surface area contributed by atoms with E-state index in [-0.39, 0.29) is 37.0 Å². The van der Waals surface area contributed by atoms with Crippen LogP contribution in [0.3, 0.4) is 0 Å². The van der Waals surface area contributed by atoms with E-state index < -0.39 is 12.6 Å². The zero-order valence-corrected chi connectivity index (χ0v) is 17.8. The SMILES string of the molecule is CCCCC[C@H](O)CC[C@@H]1[C@H]2Cc3cccc(OCC(=O)[O-])c3C[C@H]2C[C@H]1O.[Li+]. The predicted molar refractivity (Wildman–Crippen MR) is 105 cm³/mol. The Hall–Kier alpha value is -0.993. The van der Waals surface area contributed by atoms with Gasteiger partial charge in [-0.15, -0.1) is 0 Å². The molecule has 1 fully saturated rings. The van der Waals surface area contributed by atoms with Gasteiger partial charge in [-0.25, -0.2) is 0 Å². The van der Waals surface area contributed by atoms with E-state index in [1.165, 1.54) is 5.56 Å². The molecule has 0 bridgehead atoms. The molecule has 2 aliphatic rings. The summed E-state index contributed by atoms with van der Waals surface area (Å²) in [5, 5.41) is 31.7. The Morgan fingerprint density at radius 1 is 1.28 bits per heavy atom. The van der Waals surface area contributed by atoms with Crippen molar-refractivity contribution < 1.29 is 43.7 Å². The molecule has 2 aliphatic carbocycles. The van der Waals surface area contributed by atoms with Crippen molar-refractivity contribution in [1.82, 2.24) is 0 Å². The van der Waals surface area contributed by atoms with E-state index in [4.69, 9.17) is 4.74 Å². The minimum Gasteiger partial charge on any atom is -0.546 e. The standard InChI is InChI=1S/C23H34O5.Li/c1-2-3-4-7-17(24)9-10-18-19-11-15-6-5-8-22(28-14-23(26)27)20(15)12-16(19)13-21(18)25;/h5-6,8,16-19,21,24-25H,2-4,7,9-14H2,1H3,(H,26,27);/q;+1/p-1/t16-,17-,18+,19-,21+;/m0./s1. The van der Waals surface area contributed by atoms with E-state index in [2.05, 4.69) is 13.0 Å². The first kappa shape index (κ1) is 24.3. The molecular weight excluding hydrogens is 363 g/mol. The second kappa shape index (κ2) is 11.4. The molecule has 29 heavy (non-hydrogen) atoms. The number of benzene rings is 1. The summed E-state index contributed by atoms with van der Waals surface area (Å²) in [5.74, 6) is 0.440. The average Bonchev–Trinajstić information content (AvgIpc) is 2.97. The van der Waals surface area contributed by atoms with Crippen LogP contribution in [0.25, 0.3) is 0 Å².